The highest BCUT2D eigenvalue weighted by atomic mass is 19.3. The van der Waals surface area contributed by atoms with E-state index in [1.54, 1.807) is 12.3 Å². The lowest BCUT2D eigenvalue weighted by atomic mass is 9.98. The van der Waals surface area contributed by atoms with Crippen LogP contribution in [-0.2, 0) is 0 Å². The molecule has 0 radical (unpaired) electrons. The Hall–Kier alpha value is -3.37. The van der Waals surface area contributed by atoms with E-state index in [0.29, 0.717) is 23.6 Å². The molecule has 0 aromatic carbocycles. The number of fused-ring (bicyclic) bond motifs is 1. The van der Waals surface area contributed by atoms with E-state index < -0.39 is 12.5 Å². The molecular weight excluding hydrogens is 382 g/mol. The van der Waals surface area contributed by atoms with Crippen LogP contribution in [-0.4, -0.2) is 50.2 Å². The molecule has 4 rings (SSSR count). The van der Waals surface area contributed by atoms with Crippen LogP contribution in [0, 0.1) is 5.92 Å². The number of hydrogen-bond donors (Lipinski definition) is 2. The van der Waals surface area contributed by atoms with E-state index in [2.05, 4.69) is 30.3 Å². The van der Waals surface area contributed by atoms with Gasteiger partial charge in [-0.05, 0) is 30.9 Å². The third-order valence-corrected chi connectivity index (χ3v) is 4.93. The number of piperidine rings is 1. The fourth-order valence-corrected chi connectivity index (χ4v) is 3.52. The smallest absolute Gasteiger partial charge is 0.312 e. The second kappa shape index (κ2) is 7.94. The van der Waals surface area contributed by atoms with Gasteiger partial charge in [0, 0.05) is 25.7 Å². The first-order chi connectivity index (χ1) is 14.0. The molecule has 1 saturated heterocycles. The van der Waals surface area contributed by atoms with Crippen LogP contribution in [0.3, 0.4) is 0 Å². The summed E-state index contributed by atoms with van der Waals surface area (Å²) in [4.78, 5) is 25.9. The lowest BCUT2D eigenvalue weighted by Crippen LogP contribution is -2.42. The molecule has 152 valence electrons. The van der Waals surface area contributed by atoms with Crippen LogP contribution < -0.4 is 16.0 Å². The molecule has 1 fully saturated rings. The van der Waals surface area contributed by atoms with Crippen LogP contribution in [0.4, 0.5) is 19.4 Å². The Bertz CT molecular complexity index is 1020. The summed E-state index contributed by atoms with van der Waals surface area (Å²) in [5.41, 5.74) is 6.34. The molecule has 0 aliphatic carbocycles. The first kappa shape index (κ1) is 19.0. The Morgan fingerprint density at radius 2 is 2.17 bits per heavy atom. The average Bonchev–Trinajstić information content (AvgIpc) is 3.16. The van der Waals surface area contributed by atoms with Gasteiger partial charge in [0.1, 0.15) is 23.5 Å². The molecule has 29 heavy (non-hydrogen) atoms. The summed E-state index contributed by atoms with van der Waals surface area (Å²) >= 11 is 0. The van der Waals surface area contributed by atoms with Gasteiger partial charge in [0.05, 0.1) is 11.9 Å². The predicted octanol–water partition coefficient (Wildman–Crippen LogP) is 2.01. The summed E-state index contributed by atoms with van der Waals surface area (Å²) in [5.74, 6) is 0.986. The van der Waals surface area contributed by atoms with Gasteiger partial charge in [0.25, 0.3) is 6.43 Å². The molecule has 1 aliphatic rings. The van der Waals surface area contributed by atoms with Gasteiger partial charge in [-0.15, -0.1) is 0 Å². The fraction of sp³-hybridized carbons (Fsp3) is 0.389. The maximum Gasteiger partial charge on any atom is 0.312 e. The van der Waals surface area contributed by atoms with Crippen LogP contribution in [0.1, 0.15) is 25.0 Å². The topological polar surface area (TPSA) is 114 Å². The summed E-state index contributed by atoms with van der Waals surface area (Å²) in [6.45, 7) is 2.06. The van der Waals surface area contributed by atoms with Crippen LogP contribution in [0.15, 0.2) is 30.7 Å². The highest BCUT2D eigenvalue weighted by Gasteiger charge is 2.22. The minimum Gasteiger partial charge on any atom is -0.356 e. The van der Waals surface area contributed by atoms with E-state index in [9.17, 15) is 13.6 Å². The molecule has 3 aromatic rings. The molecule has 1 unspecified atom stereocenters. The number of nitrogens with two attached hydrogens (primary N) is 1. The normalized spacial score (nSPS) is 17.1. The number of rotatable bonds is 5. The summed E-state index contributed by atoms with van der Waals surface area (Å²) in [7, 11) is 0. The minimum atomic E-state index is -2.67. The lowest BCUT2D eigenvalue weighted by Gasteiger charge is -2.33. The zero-order valence-corrected chi connectivity index (χ0v) is 15.5. The molecule has 0 saturated carbocycles. The Morgan fingerprint density at radius 1 is 1.31 bits per heavy atom. The molecule has 2 amide bonds. The van der Waals surface area contributed by atoms with Crippen LogP contribution in [0.25, 0.3) is 17.0 Å². The van der Waals surface area contributed by atoms with Crippen molar-refractivity contribution in [3.63, 3.8) is 0 Å². The number of primary amides is 1. The van der Waals surface area contributed by atoms with Crippen molar-refractivity contribution in [2.45, 2.75) is 19.3 Å². The number of halogens is 2. The largest absolute Gasteiger partial charge is 0.356 e. The Morgan fingerprint density at radius 3 is 2.97 bits per heavy atom. The van der Waals surface area contributed by atoms with E-state index in [1.807, 2.05) is 0 Å². The summed E-state index contributed by atoms with van der Waals surface area (Å²) in [5, 5.41) is 6.64. The second-order valence-corrected chi connectivity index (χ2v) is 6.93. The van der Waals surface area contributed by atoms with Gasteiger partial charge in [0.2, 0.25) is 0 Å². The number of imidazole rings is 1. The Labute approximate surface area is 165 Å². The van der Waals surface area contributed by atoms with E-state index in [1.165, 1.54) is 23.0 Å². The van der Waals surface area contributed by atoms with Gasteiger partial charge in [-0.25, -0.2) is 33.0 Å². The first-order valence-corrected chi connectivity index (χ1v) is 9.25. The maximum absolute atomic E-state index is 13.0. The summed E-state index contributed by atoms with van der Waals surface area (Å²) in [6, 6.07) is 4.02. The molecule has 1 aliphatic heterocycles. The number of urea groups is 1. The number of amides is 2. The van der Waals surface area contributed by atoms with Crippen molar-refractivity contribution in [2.24, 2.45) is 11.7 Å². The molecule has 0 bridgehead atoms. The van der Waals surface area contributed by atoms with Gasteiger partial charge in [-0.1, -0.05) is 0 Å². The molecular formula is C18H20F2N8O. The minimum absolute atomic E-state index is 0.265. The second-order valence-electron chi connectivity index (χ2n) is 6.93. The van der Waals surface area contributed by atoms with E-state index in [4.69, 9.17) is 5.73 Å². The van der Waals surface area contributed by atoms with Gasteiger partial charge >= 0.3 is 6.03 Å². The molecule has 3 N–H and O–H groups in total. The summed E-state index contributed by atoms with van der Waals surface area (Å²) < 4.78 is 27.4. The molecule has 11 heteroatoms. The van der Waals surface area contributed by atoms with Crippen LogP contribution >= 0.6 is 0 Å². The third kappa shape index (κ3) is 4.08. The number of anilines is 1. The number of hydrogen-bond acceptors (Lipinski definition) is 6. The van der Waals surface area contributed by atoms with Crippen LogP contribution in [0.5, 0.6) is 0 Å². The number of carbonyl (C=O) groups excluding carboxylic acids is 1. The van der Waals surface area contributed by atoms with Crippen LogP contribution in [0.2, 0.25) is 0 Å². The Kier molecular flexibility index (Phi) is 5.19. The highest BCUT2D eigenvalue weighted by molar-refractivity contribution is 5.71. The number of aromatic nitrogens is 5. The lowest BCUT2D eigenvalue weighted by molar-refractivity contribution is 0.144. The van der Waals surface area contributed by atoms with Crippen molar-refractivity contribution in [3.8, 4) is 11.4 Å². The van der Waals surface area contributed by atoms with E-state index >= 15 is 0 Å². The zero-order valence-electron chi connectivity index (χ0n) is 15.5. The van der Waals surface area contributed by atoms with Gasteiger partial charge in [0.15, 0.2) is 5.65 Å². The van der Waals surface area contributed by atoms with E-state index in [0.717, 1.165) is 31.7 Å². The van der Waals surface area contributed by atoms with Gasteiger partial charge < -0.3 is 16.0 Å². The molecule has 9 nitrogen and oxygen atoms in total. The summed E-state index contributed by atoms with van der Waals surface area (Å²) in [6.07, 6.45) is 2.27. The molecule has 3 aromatic heterocycles. The third-order valence-electron chi connectivity index (χ3n) is 4.93. The van der Waals surface area contributed by atoms with Crippen molar-refractivity contribution in [1.82, 2.24) is 29.9 Å². The average molecular weight is 402 g/mol. The zero-order chi connectivity index (χ0) is 20.4. The van der Waals surface area contributed by atoms with E-state index in [-0.39, 0.29) is 11.6 Å². The fourth-order valence-electron chi connectivity index (χ4n) is 3.52. The Balaban J connectivity index is 1.60. The molecule has 1 atom stereocenters. The van der Waals surface area contributed by atoms with Crippen molar-refractivity contribution in [2.75, 3.05) is 24.5 Å². The monoisotopic (exact) mass is 402 g/mol. The quantitative estimate of drug-likeness (QED) is 0.675. The number of nitrogens with zero attached hydrogens (tertiary/aromatic N) is 6. The molecule has 4 heterocycles. The SMILES string of the molecule is NC(=O)NCC1CCCN(c2cc(-c3cnc4ccc(C(F)F)nn34)ncn2)C1. The number of carbonyl (C=O) groups is 1. The first-order valence-electron chi connectivity index (χ1n) is 9.25. The van der Waals surface area contributed by atoms with Gasteiger partial charge in [-0.3, -0.25) is 0 Å². The number of nitrogens with one attached hydrogen (secondary N) is 1. The molecule has 0 spiro atoms. The maximum atomic E-state index is 13.0. The predicted molar refractivity (Wildman–Crippen MR) is 101 cm³/mol. The van der Waals surface area contributed by atoms with Gasteiger partial charge in [-0.2, -0.15) is 5.10 Å². The van der Waals surface area contributed by atoms with Crippen molar-refractivity contribution < 1.29 is 13.6 Å². The van der Waals surface area contributed by atoms with Crippen molar-refractivity contribution >= 4 is 17.5 Å². The van der Waals surface area contributed by atoms with Crippen molar-refractivity contribution in [3.05, 3.63) is 36.4 Å². The highest BCUT2D eigenvalue weighted by Crippen LogP contribution is 2.26. The standard InChI is InChI=1S/C18H20F2N8O/c19-17(20)12-3-4-15-22-8-14(28(15)26-12)13-6-16(25-10-24-13)27-5-1-2-11(9-27)7-23-18(21)29/h3-4,6,8,10-11,17H,1-2,5,7,9H2,(H3,21,23,29). The van der Waals surface area contributed by atoms with Crippen molar-refractivity contribution in [1.29, 1.82) is 0 Å². The number of alkyl halides is 2.